The lowest BCUT2D eigenvalue weighted by atomic mass is 10.0. The van der Waals surface area contributed by atoms with Crippen LogP contribution in [-0.2, 0) is 6.54 Å². The van der Waals surface area contributed by atoms with Gasteiger partial charge in [0.15, 0.2) is 0 Å². The second kappa shape index (κ2) is 7.73. The molecule has 0 spiro atoms. The van der Waals surface area contributed by atoms with Gasteiger partial charge in [-0.15, -0.1) is 0 Å². The van der Waals surface area contributed by atoms with E-state index in [1.54, 1.807) is 6.07 Å². The van der Waals surface area contributed by atoms with Gasteiger partial charge in [-0.25, -0.2) is 0 Å². The average Bonchev–Trinajstić information content (AvgIpc) is 2.49. The summed E-state index contributed by atoms with van der Waals surface area (Å²) in [6.07, 6.45) is 3.76. The Bertz CT molecular complexity index is 490. The highest BCUT2D eigenvalue weighted by Crippen LogP contribution is 2.24. The van der Waals surface area contributed by atoms with E-state index in [0.717, 1.165) is 31.7 Å². The van der Waals surface area contributed by atoms with Gasteiger partial charge >= 0.3 is 0 Å². The summed E-state index contributed by atoms with van der Waals surface area (Å²) in [6.45, 7) is 5.88. The molecule has 1 unspecified atom stereocenters. The summed E-state index contributed by atoms with van der Waals surface area (Å²) in [5, 5.41) is 14.7. The number of halogens is 1. The predicted octanol–water partition coefficient (Wildman–Crippen LogP) is 3.21. The molecule has 0 aromatic heterocycles. The monoisotopic (exact) mass is 311 g/mol. The Morgan fingerprint density at radius 1 is 1.48 bits per heavy atom. The van der Waals surface area contributed by atoms with E-state index in [1.165, 1.54) is 31.4 Å². The first-order chi connectivity index (χ1) is 10.1. The predicted molar refractivity (Wildman–Crippen MR) is 84.7 cm³/mol. The maximum absolute atomic E-state index is 10.7. The van der Waals surface area contributed by atoms with Crippen molar-refractivity contribution in [3.05, 3.63) is 38.9 Å². The summed E-state index contributed by atoms with van der Waals surface area (Å²) in [4.78, 5) is 12.6. The van der Waals surface area contributed by atoms with Crippen molar-refractivity contribution in [2.75, 3.05) is 19.6 Å². The van der Waals surface area contributed by atoms with Crippen molar-refractivity contribution in [2.24, 2.45) is 0 Å². The van der Waals surface area contributed by atoms with Gasteiger partial charge in [-0.2, -0.15) is 0 Å². The highest BCUT2D eigenvalue weighted by Gasteiger charge is 2.17. The standard InChI is InChI=1S/C15H22ClN3O2/c1-2-18(11-13-5-3-4-8-17-13)10-12-6-7-14(19(20)21)9-15(12)16/h6-7,9,13,17H,2-5,8,10-11H2,1H3. The fourth-order valence-corrected chi connectivity index (χ4v) is 2.95. The summed E-state index contributed by atoms with van der Waals surface area (Å²) in [5.74, 6) is 0. The summed E-state index contributed by atoms with van der Waals surface area (Å²) in [6, 6.07) is 5.25. The minimum atomic E-state index is -0.417. The number of nitro groups is 1. The van der Waals surface area contributed by atoms with Crippen LogP contribution < -0.4 is 5.32 Å². The van der Waals surface area contributed by atoms with E-state index >= 15 is 0 Å². The van der Waals surface area contributed by atoms with Crippen LogP contribution in [0.5, 0.6) is 0 Å². The second-order valence-electron chi connectivity index (χ2n) is 5.51. The van der Waals surface area contributed by atoms with Crippen molar-refractivity contribution in [3.8, 4) is 0 Å². The van der Waals surface area contributed by atoms with Crippen LogP contribution in [0.25, 0.3) is 0 Å². The number of hydrogen-bond acceptors (Lipinski definition) is 4. The third-order valence-corrected chi connectivity index (χ3v) is 4.33. The number of likely N-dealkylation sites (N-methyl/N-ethyl adjacent to an activating group) is 1. The van der Waals surface area contributed by atoms with Crippen LogP contribution in [0.3, 0.4) is 0 Å². The molecule has 5 nitrogen and oxygen atoms in total. The van der Waals surface area contributed by atoms with E-state index < -0.39 is 4.92 Å². The Morgan fingerprint density at radius 3 is 2.86 bits per heavy atom. The van der Waals surface area contributed by atoms with Crippen LogP contribution in [0.4, 0.5) is 5.69 Å². The molecule has 0 bridgehead atoms. The Morgan fingerprint density at radius 2 is 2.29 bits per heavy atom. The molecule has 1 aliphatic rings. The topological polar surface area (TPSA) is 58.4 Å². The normalized spacial score (nSPS) is 18.9. The third kappa shape index (κ3) is 4.66. The van der Waals surface area contributed by atoms with Crippen LogP contribution in [-0.4, -0.2) is 35.5 Å². The number of non-ortho nitro benzene ring substituents is 1. The summed E-state index contributed by atoms with van der Waals surface area (Å²) in [5.41, 5.74) is 0.987. The zero-order chi connectivity index (χ0) is 15.2. The largest absolute Gasteiger partial charge is 0.313 e. The molecule has 1 aliphatic heterocycles. The Hall–Kier alpha value is -1.17. The highest BCUT2D eigenvalue weighted by molar-refractivity contribution is 6.31. The van der Waals surface area contributed by atoms with Crippen LogP contribution in [0.15, 0.2) is 18.2 Å². The number of hydrogen-bond donors (Lipinski definition) is 1. The van der Waals surface area contributed by atoms with Crippen LogP contribution >= 0.6 is 11.6 Å². The molecule has 0 radical (unpaired) electrons. The lowest BCUT2D eigenvalue weighted by Crippen LogP contribution is -2.43. The SMILES string of the molecule is CCN(Cc1ccc([N+](=O)[O-])cc1Cl)CC1CCCCN1. The zero-order valence-corrected chi connectivity index (χ0v) is 13.1. The fraction of sp³-hybridized carbons (Fsp3) is 0.600. The maximum atomic E-state index is 10.7. The van der Waals surface area contributed by atoms with Crippen LogP contribution in [0, 0.1) is 10.1 Å². The Kier molecular flexibility index (Phi) is 5.96. The van der Waals surface area contributed by atoms with Crippen molar-refractivity contribution < 1.29 is 4.92 Å². The van der Waals surface area contributed by atoms with Crippen LogP contribution in [0.2, 0.25) is 5.02 Å². The molecule has 1 atom stereocenters. The number of rotatable bonds is 6. The molecule has 1 aromatic carbocycles. The molecule has 21 heavy (non-hydrogen) atoms. The smallest absolute Gasteiger partial charge is 0.270 e. The molecule has 0 aliphatic carbocycles. The average molecular weight is 312 g/mol. The van der Waals surface area contributed by atoms with Crippen molar-refractivity contribution in [2.45, 2.75) is 38.8 Å². The highest BCUT2D eigenvalue weighted by atomic mass is 35.5. The number of benzene rings is 1. The van der Waals surface area contributed by atoms with E-state index in [9.17, 15) is 10.1 Å². The first kappa shape index (κ1) is 16.2. The minimum Gasteiger partial charge on any atom is -0.313 e. The number of nitrogens with one attached hydrogen (secondary N) is 1. The lowest BCUT2D eigenvalue weighted by molar-refractivity contribution is -0.384. The van der Waals surface area contributed by atoms with Gasteiger partial charge in [-0.1, -0.05) is 24.9 Å². The Balaban J connectivity index is 1.99. The van der Waals surface area contributed by atoms with Gasteiger partial charge in [0.25, 0.3) is 5.69 Å². The molecule has 116 valence electrons. The quantitative estimate of drug-likeness (QED) is 0.647. The molecule has 0 amide bonds. The third-order valence-electron chi connectivity index (χ3n) is 3.98. The van der Waals surface area contributed by atoms with Gasteiger partial charge in [0.05, 0.1) is 9.95 Å². The summed E-state index contributed by atoms with van der Waals surface area (Å²) >= 11 is 6.17. The molecule has 1 N–H and O–H groups in total. The Labute approximate surface area is 130 Å². The molecule has 1 saturated heterocycles. The molecular formula is C15H22ClN3O2. The van der Waals surface area contributed by atoms with E-state index in [1.807, 2.05) is 0 Å². The lowest BCUT2D eigenvalue weighted by Gasteiger charge is -2.30. The van der Waals surface area contributed by atoms with Gasteiger partial charge in [0.2, 0.25) is 0 Å². The summed E-state index contributed by atoms with van der Waals surface area (Å²) < 4.78 is 0. The molecule has 1 heterocycles. The fourth-order valence-electron chi connectivity index (χ4n) is 2.72. The van der Waals surface area contributed by atoms with E-state index in [0.29, 0.717) is 11.1 Å². The second-order valence-corrected chi connectivity index (χ2v) is 5.91. The van der Waals surface area contributed by atoms with Gasteiger partial charge in [-0.3, -0.25) is 15.0 Å². The van der Waals surface area contributed by atoms with Gasteiger partial charge < -0.3 is 5.32 Å². The molecule has 2 rings (SSSR count). The van der Waals surface area contributed by atoms with Gasteiger partial charge in [0, 0.05) is 31.3 Å². The minimum absolute atomic E-state index is 0.0424. The molecule has 0 saturated carbocycles. The maximum Gasteiger partial charge on any atom is 0.270 e. The van der Waals surface area contributed by atoms with Crippen molar-refractivity contribution in [1.29, 1.82) is 0 Å². The van der Waals surface area contributed by atoms with Crippen molar-refractivity contribution >= 4 is 17.3 Å². The number of nitro benzene ring substituents is 1. The molecule has 1 aromatic rings. The summed E-state index contributed by atoms with van der Waals surface area (Å²) in [7, 11) is 0. The van der Waals surface area contributed by atoms with Gasteiger partial charge in [-0.05, 0) is 37.6 Å². The van der Waals surface area contributed by atoms with Crippen molar-refractivity contribution in [3.63, 3.8) is 0 Å². The van der Waals surface area contributed by atoms with Crippen LogP contribution in [0.1, 0.15) is 31.7 Å². The zero-order valence-electron chi connectivity index (χ0n) is 12.3. The number of piperidine rings is 1. The van der Waals surface area contributed by atoms with E-state index in [4.69, 9.17) is 11.6 Å². The molecule has 1 fully saturated rings. The first-order valence-corrected chi connectivity index (χ1v) is 7.86. The van der Waals surface area contributed by atoms with Crippen molar-refractivity contribution in [1.82, 2.24) is 10.2 Å². The first-order valence-electron chi connectivity index (χ1n) is 7.48. The van der Waals surface area contributed by atoms with E-state index in [-0.39, 0.29) is 5.69 Å². The van der Waals surface area contributed by atoms with E-state index in [2.05, 4.69) is 17.1 Å². The number of nitrogens with zero attached hydrogens (tertiary/aromatic N) is 2. The molecular weight excluding hydrogens is 290 g/mol. The van der Waals surface area contributed by atoms with Gasteiger partial charge in [0.1, 0.15) is 0 Å². The molecule has 6 heteroatoms.